The number of rotatable bonds is 4. The molecule has 0 unspecified atom stereocenters. The smallest absolute Gasteiger partial charge is 0.0630 e. The maximum Gasteiger partial charge on any atom is 0.0630 e. The lowest BCUT2D eigenvalue weighted by atomic mass is 9.87. The summed E-state index contributed by atoms with van der Waals surface area (Å²) in [5.41, 5.74) is 3.54. The molecule has 0 heterocycles. The molecule has 0 bridgehead atoms. The molecule has 0 saturated heterocycles. The summed E-state index contributed by atoms with van der Waals surface area (Å²) in [5, 5.41) is 0.761. The van der Waals surface area contributed by atoms with Crippen molar-refractivity contribution < 1.29 is 0 Å². The van der Waals surface area contributed by atoms with Gasteiger partial charge >= 0.3 is 0 Å². The van der Waals surface area contributed by atoms with E-state index in [0.29, 0.717) is 0 Å². The fourth-order valence-electron chi connectivity index (χ4n) is 2.46. The minimum atomic E-state index is 0.166. The third-order valence-corrected chi connectivity index (χ3v) is 5.29. The zero-order valence-corrected chi connectivity index (χ0v) is 16.8. The quantitative estimate of drug-likeness (QED) is 0.426. The molecule has 3 heteroatoms. The standard InChI is InChI=1S/C23H22ClNS/c1-23(2,3)18-6-10-20(11-7-18)25-16-17-4-12-21(13-5-17)26-22-14-8-19(24)9-15-22/h4-16H,1-3H3. The van der Waals surface area contributed by atoms with Crippen LogP contribution in [0.5, 0.6) is 0 Å². The Labute approximate surface area is 165 Å². The van der Waals surface area contributed by atoms with E-state index < -0.39 is 0 Å². The Hall–Kier alpha value is -2.03. The average molecular weight is 380 g/mol. The van der Waals surface area contributed by atoms with Gasteiger partial charge in [-0.2, -0.15) is 0 Å². The van der Waals surface area contributed by atoms with Crippen molar-refractivity contribution in [1.29, 1.82) is 0 Å². The minimum Gasteiger partial charge on any atom is -0.256 e. The molecule has 0 aromatic heterocycles. The fourth-order valence-corrected chi connectivity index (χ4v) is 3.40. The maximum absolute atomic E-state index is 5.93. The van der Waals surface area contributed by atoms with Crippen molar-refractivity contribution in [1.82, 2.24) is 0 Å². The first-order valence-corrected chi connectivity index (χ1v) is 9.78. The van der Waals surface area contributed by atoms with Crippen LogP contribution in [0, 0.1) is 0 Å². The fraction of sp³-hybridized carbons (Fsp3) is 0.174. The van der Waals surface area contributed by atoms with Crippen LogP contribution in [0.2, 0.25) is 5.02 Å². The Morgan fingerprint density at radius 1 is 0.769 bits per heavy atom. The van der Waals surface area contributed by atoms with Crippen LogP contribution in [0.3, 0.4) is 0 Å². The van der Waals surface area contributed by atoms with Crippen LogP contribution in [0.4, 0.5) is 5.69 Å². The van der Waals surface area contributed by atoms with Crippen LogP contribution in [0.15, 0.2) is 87.6 Å². The largest absolute Gasteiger partial charge is 0.256 e. The third-order valence-electron chi connectivity index (χ3n) is 4.03. The molecule has 132 valence electrons. The van der Waals surface area contributed by atoms with E-state index in [4.69, 9.17) is 11.6 Å². The van der Waals surface area contributed by atoms with Crippen LogP contribution in [-0.2, 0) is 5.41 Å². The lowest BCUT2D eigenvalue weighted by molar-refractivity contribution is 0.590. The molecule has 0 radical (unpaired) electrons. The summed E-state index contributed by atoms with van der Waals surface area (Å²) in [4.78, 5) is 6.95. The summed E-state index contributed by atoms with van der Waals surface area (Å²) in [6, 6.07) is 24.7. The number of hydrogen-bond donors (Lipinski definition) is 0. The first-order valence-electron chi connectivity index (χ1n) is 8.58. The first kappa shape index (κ1) is 18.8. The summed E-state index contributed by atoms with van der Waals surface area (Å²) >= 11 is 7.65. The predicted molar refractivity (Wildman–Crippen MR) is 114 cm³/mol. The van der Waals surface area contributed by atoms with Crippen molar-refractivity contribution in [3.8, 4) is 0 Å². The van der Waals surface area contributed by atoms with E-state index in [9.17, 15) is 0 Å². The Morgan fingerprint density at radius 2 is 1.31 bits per heavy atom. The Balaban J connectivity index is 1.65. The van der Waals surface area contributed by atoms with Crippen molar-refractivity contribution in [3.05, 3.63) is 88.9 Å². The number of aliphatic imine (C=N–C) groups is 1. The molecular weight excluding hydrogens is 358 g/mol. The minimum absolute atomic E-state index is 0.166. The second-order valence-electron chi connectivity index (χ2n) is 7.18. The van der Waals surface area contributed by atoms with Crippen molar-refractivity contribution in [2.45, 2.75) is 36.0 Å². The lowest BCUT2D eigenvalue weighted by Crippen LogP contribution is -2.10. The highest BCUT2D eigenvalue weighted by atomic mass is 35.5. The number of halogens is 1. The molecule has 0 amide bonds. The summed E-state index contributed by atoms with van der Waals surface area (Å²) < 4.78 is 0. The van der Waals surface area contributed by atoms with Crippen LogP contribution in [-0.4, -0.2) is 6.21 Å². The number of hydrogen-bond acceptors (Lipinski definition) is 2. The monoisotopic (exact) mass is 379 g/mol. The molecule has 0 aliphatic heterocycles. The van der Waals surface area contributed by atoms with E-state index >= 15 is 0 Å². The highest BCUT2D eigenvalue weighted by Gasteiger charge is 2.12. The van der Waals surface area contributed by atoms with E-state index in [1.807, 2.05) is 30.5 Å². The molecule has 1 nitrogen and oxygen atoms in total. The van der Waals surface area contributed by atoms with E-state index in [2.05, 4.69) is 74.3 Å². The number of nitrogens with zero attached hydrogens (tertiary/aromatic N) is 1. The van der Waals surface area contributed by atoms with E-state index in [1.54, 1.807) is 11.8 Å². The molecule has 0 N–H and O–H groups in total. The van der Waals surface area contributed by atoms with Gasteiger partial charge in [0, 0.05) is 21.0 Å². The van der Waals surface area contributed by atoms with E-state index in [-0.39, 0.29) is 5.41 Å². The molecule has 0 aliphatic carbocycles. The highest BCUT2D eigenvalue weighted by Crippen LogP contribution is 2.29. The normalized spacial score (nSPS) is 11.8. The number of benzene rings is 3. The van der Waals surface area contributed by atoms with Crippen molar-refractivity contribution in [2.75, 3.05) is 0 Å². The van der Waals surface area contributed by atoms with Gasteiger partial charge in [0.05, 0.1) is 5.69 Å². The zero-order valence-electron chi connectivity index (χ0n) is 15.2. The van der Waals surface area contributed by atoms with Crippen LogP contribution < -0.4 is 0 Å². The van der Waals surface area contributed by atoms with Crippen LogP contribution in [0.25, 0.3) is 0 Å². The van der Waals surface area contributed by atoms with Crippen molar-refractivity contribution >= 4 is 35.3 Å². The second-order valence-corrected chi connectivity index (χ2v) is 8.76. The second kappa shape index (κ2) is 8.11. The Morgan fingerprint density at radius 3 is 1.85 bits per heavy atom. The Kier molecular flexibility index (Phi) is 5.85. The topological polar surface area (TPSA) is 12.4 Å². The summed E-state index contributed by atoms with van der Waals surface area (Å²) in [6.45, 7) is 6.65. The van der Waals surface area contributed by atoms with Gasteiger partial charge < -0.3 is 0 Å². The van der Waals surface area contributed by atoms with Crippen molar-refractivity contribution in [3.63, 3.8) is 0 Å². The summed E-state index contributed by atoms with van der Waals surface area (Å²) in [7, 11) is 0. The zero-order chi connectivity index (χ0) is 18.6. The van der Waals surface area contributed by atoms with Gasteiger partial charge in [-0.25, -0.2) is 0 Å². The van der Waals surface area contributed by atoms with Gasteiger partial charge in [0.25, 0.3) is 0 Å². The molecule has 3 aromatic carbocycles. The van der Waals surface area contributed by atoms with Crippen LogP contribution in [0.1, 0.15) is 31.9 Å². The SMILES string of the molecule is CC(C)(C)c1ccc(N=Cc2ccc(Sc3ccc(Cl)cc3)cc2)cc1. The molecule has 3 aromatic rings. The van der Waals surface area contributed by atoms with Gasteiger partial charge in [-0.1, -0.05) is 68.4 Å². The first-order chi connectivity index (χ1) is 12.4. The van der Waals surface area contributed by atoms with Crippen molar-refractivity contribution in [2.24, 2.45) is 4.99 Å². The molecule has 0 aliphatic rings. The van der Waals surface area contributed by atoms with E-state index in [0.717, 1.165) is 16.3 Å². The predicted octanol–water partition coefficient (Wildman–Crippen LogP) is 7.54. The highest BCUT2D eigenvalue weighted by molar-refractivity contribution is 7.99. The summed E-state index contributed by atoms with van der Waals surface area (Å²) in [6.07, 6.45) is 1.91. The molecule has 0 spiro atoms. The van der Waals surface area contributed by atoms with Gasteiger partial charge in [0.2, 0.25) is 0 Å². The van der Waals surface area contributed by atoms with Gasteiger partial charge in [-0.3, -0.25) is 4.99 Å². The molecule has 26 heavy (non-hydrogen) atoms. The molecule has 0 saturated carbocycles. The molecule has 0 fully saturated rings. The van der Waals surface area contributed by atoms with Gasteiger partial charge in [-0.15, -0.1) is 0 Å². The van der Waals surface area contributed by atoms with Gasteiger partial charge in [0.1, 0.15) is 0 Å². The molecular formula is C23H22ClNS. The maximum atomic E-state index is 5.93. The molecule has 3 rings (SSSR count). The lowest BCUT2D eigenvalue weighted by Gasteiger charge is -2.18. The summed E-state index contributed by atoms with van der Waals surface area (Å²) in [5.74, 6) is 0. The third kappa shape index (κ3) is 5.23. The van der Waals surface area contributed by atoms with E-state index in [1.165, 1.54) is 15.4 Å². The molecule has 0 atom stereocenters. The Bertz CT molecular complexity index is 873. The van der Waals surface area contributed by atoms with Gasteiger partial charge in [0.15, 0.2) is 0 Å². The van der Waals surface area contributed by atoms with Gasteiger partial charge in [-0.05, 0) is 65.1 Å². The van der Waals surface area contributed by atoms with Crippen LogP contribution >= 0.6 is 23.4 Å². The average Bonchev–Trinajstić information content (AvgIpc) is 2.63.